The fraction of sp³-hybridized carbons (Fsp3) is 0.600. The van der Waals surface area contributed by atoms with E-state index < -0.39 is 0 Å². The first-order valence-corrected chi connectivity index (χ1v) is 7.13. The molecule has 0 saturated heterocycles. The number of hydrogen-bond acceptors (Lipinski definition) is 4. The molecule has 4 nitrogen and oxygen atoms in total. The summed E-state index contributed by atoms with van der Waals surface area (Å²) in [6.07, 6.45) is 1.13. The van der Waals surface area contributed by atoms with Crippen LogP contribution in [-0.2, 0) is 0 Å². The van der Waals surface area contributed by atoms with E-state index in [0.717, 1.165) is 31.0 Å². The number of hydrogen-bond donors (Lipinski definition) is 1. The molecular formula is C15H24N2O2. The minimum absolute atomic E-state index is 0.251. The lowest BCUT2D eigenvalue weighted by atomic mass is 10.0. The number of fused-ring (bicyclic) bond motifs is 1. The van der Waals surface area contributed by atoms with E-state index in [9.17, 15) is 0 Å². The maximum atomic E-state index is 5.97. The molecule has 106 valence electrons. The van der Waals surface area contributed by atoms with E-state index >= 15 is 0 Å². The number of rotatable bonds is 6. The third-order valence-corrected chi connectivity index (χ3v) is 3.53. The molecule has 0 bridgehead atoms. The summed E-state index contributed by atoms with van der Waals surface area (Å²) in [5.41, 5.74) is 7.18. The van der Waals surface area contributed by atoms with E-state index in [1.807, 2.05) is 6.07 Å². The Morgan fingerprint density at radius 1 is 1.21 bits per heavy atom. The first-order chi connectivity index (χ1) is 9.30. The van der Waals surface area contributed by atoms with Crippen molar-refractivity contribution in [3.63, 3.8) is 0 Å². The van der Waals surface area contributed by atoms with Gasteiger partial charge in [0.2, 0.25) is 0 Å². The van der Waals surface area contributed by atoms with Gasteiger partial charge in [-0.15, -0.1) is 0 Å². The van der Waals surface area contributed by atoms with Gasteiger partial charge < -0.3 is 15.2 Å². The first kappa shape index (κ1) is 14.2. The fourth-order valence-corrected chi connectivity index (χ4v) is 2.58. The van der Waals surface area contributed by atoms with E-state index in [1.54, 1.807) is 0 Å². The summed E-state index contributed by atoms with van der Waals surface area (Å²) in [4.78, 5) is 2.41. The van der Waals surface area contributed by atoms with Gasteiger partial charge in [-0.3, -0.25) is 4.90 Å². The lowest BCUT2D eigenvalue weighted by Gasteiger charge is -2.30. The number of benzene rings is 1. The predicted molar refractivity (Wildman–Crippen MR) is 76.8 cm³/mol. The Morgan fingerprint density at radius 3 is 2.58 bits per heavy atom. The second kappa shape index (κ2) is 6.78. The maximum Gasteiger partial charge on any atom is 0.161 e. The van der Waals surface area contributed by atoms with Gasteiger partial charge in [-0.25, -0.2) is 0 Å². The van der Waals surface area contributed by atoms with E-state index in [2.05, 4.69) is 30.9 Å². The Bertz CT molecular complexity index is 409. The van der Waals surface area contributed by atoms with Crippen molar-refractivity contribution in [2.45, 2.75) is 26.3 Å². The van der Waals surface area contributed by atoms with Gasteiger partial charge >= 0.3 is 0 Å². The van der Waals surface area contributed by atoms with Gasteiger partial charge in [0.1, 0.15) is 13.2 Å². The second-order valence-corrected chi connectivity index (χ2v) is 4.78. The predicted octanol–water partition coefficient (Wildman–Crippen LogP) is 2.19. The molecule has 1 aromatic rings. The van der Waals surface area contributed by atoms with Crippen molar-refractivity contribution >= 4 is 0 Å². The van der Waals surface area contributed by atoms with Crippen molar-refractivity contribution in [1.82, 2.24) is 4.90 Å². The van der Waals surface area contributed by atoms with Gasteiger partial charge in [0.15, 0.2) is 11.5 Å². The molecule has 0 aromatic heterocycles. The lowest BCUT2D eigenvalue weighted by molar-refractivity contribution is 0.170. The monoisotopic (exact) mass is 264 g/mol. The molecule has 0 fully saturated rings. The molecule has 2 rings (SSSR count). The van der Waals surface area contributed by atoms with Crippen LogP contribution in [-0.4, -0.2) is 37.7 Å². The second-order valence-electron chi connectivity index (χ2n) is 4.78. The smallest absolute Gasteiger partial charge is 0.161 e. The van der Waals surface area contributed by atoms with Gasteiger partial charge in [-0.05, 0) is 37.2 Å². The van der Waals surface area contributed by atoms with Crippen molar-refractivity contribution in [2.75, 3.05) is 32.8 Å². The number of nitrogens with two attached hydrogens (primary N) is 1. The molecule has 0 saturated carbocycles. The molecule has 1 aromatic carbocycles. The van der Waals surface area contributed by atoms with Gasteiger partial charge in [0.25, 0.3) is 0 Å². The van der Waals surface area contributed by atoms with E-state index in [4.69, 9.17) is 15.2 Å². The highest BCUT2D eigenvalue weighted by Crippen LogP contribution is 2.33. The highest BCUT2D eigenvalue weighted by Gasteiger charge is 2.20. The average molecular weight is 264 g/mol. The summed E-state index contributed by atoms with van der Waals surface area (Å²) in [5.74, 6) is 1.68. The van der Waals surface area contributed by atoms with E-state index in [1.165, 1.54) is 5.56 Å². The number of nitrogens with zero attached hydrogens (tertiary/aromatic N) is 1. The Balaban J connectivity index is 2.22. The summed E-state index contributed by atoms with van der Waals surface area (Å²) in [6.45, 7) is 8.31. The number of ether oxygens (including phenoxy) is 2. The average Bonchev–Trinajstić information content (AvgIpc) is 2.47. The molecule has 1 atom stereocenters. The van der Waals surface area contributed by atoms with Crippen molar-refractivity contribution in [1.29, 1.82) is 0 Å². The van der Waals surface area contributed by atoms with Crippen molar-refractivity contribution < 1.29 is 9.47 Å². The van der Waals surface area contributed by atoms with Gasteiger partial charge in [-0.1, -0.05) is 19.9 Å². The van der Waals surface area contributed by atoms with Crippen LogP contribution < -0.4 is 15.2 Å². The van der Waals surface area contributed by atoms with Crippen LogP contribution in [0, 0.1) is 0 Å². The normalized spacial score (nSPS) is 15.6. The van der Waals surface area contributed by atoms with E-state index in [0.29, 0.717) is 19.8 Å². The quantitative estimate of drug-likeness (QED) is 0.855. The molecule has 4 heteroatoms. The summed E-state index contributed by atoms with van der Waals surface area (Å²) in [7, 11) is 0. The van der Waals surface area contributed by atoms with Crippen molar-refractivity contribution in [3.8, 4) is 11.5 Å². The highest BCUT2D eigenvalue weighted by molar-refractivity contribution is 5.44. The van der Waals surface area contributed by atoms with Crippen LogP contribution in [0.25, 0.3) is 0 Å². The standard InChI is InChI=1S/C15H24N2O2/c1-3-7-17(4-2)13(11-16)12-5-6-14-15(10-12)19-9-8-18-14/h5-6,10,13H,3-4,7-9,11,16H2,1-2H3. The lowest BCUT2D eigenvalue weighted by Crippen LogP contribution is -2.34. The third kappa shape index (κ3) is 3.19. The molecule has 1 aliphatic heterocycles. The Labute approximate surface area is 115 Å². The van der Waals surface area contributed by atoms with Gasteiger partial charge in [0.05, 0.1) is 0 Å². The molecular weight excluding hydrogens is 240 g/mol. The van der Waals surface area contributed by atoms with Crippen LogP contribution in [0.5, 0.6) is 11.5 Å². The molecule has 1 aliphatic rings. The van der Waals surface area contributed by atoms with Crippen molar-refractivity contribution in [2.24, 2.45) is 5.73 Å². The van der Waals surface area contributed by atoms with Crippen molar-refractivity contribution in [3.05, 3.63) is 23.8 Å². The Morgan fingerprint density at radius 2 is 1.95 bits per heavy atom. The molecule has 19 heavy (non-hydrogen) atoms. The van der Waals surface area contributed by atoms with Crippen LogP contribution in [0.2, 0.25) is 0 Å². The topological polar surface area (TPSA) is 47.7 Å². The largest absolute Gasteiger partial charge is 0.486 e. The molecule has 0 radical (unpaired) electrons. The van der Waals surface area contributed by atoms with Crippen LogP contribution >= 0.6 is 0 Å². The zero-order valence-corrected chi connectivity index (χ0v) is 11.9. The molecule has 0 amide bonds. The van der Waals surface area contributed by atoms with Crippen LogP contribution in [0.15, 0.2) is 18.2 Å². The molecule has 0 spiro atoms. The first-order valence-electron chi connectivity index (χ1n) is 7.13. The maximum absolute atomic E-state index is 5.97. The highest BCUT2D eigenvalue weighted by atomic mass is 16.6. The molecule has 0 aliphatic carbocycles. The van der Waals surface area contributed by atoms with Crippen LogP contribution in [0.3, 0.4) is 0 Å². The summed E-state index contributed by atoms with van der Waals surface area (Å²) in [5, 5.41) is 0. The third-order valence-electron chi connectivity index (χ3n) is 3.53. The molecule has 1 heterocycles. The van der Waals surface area contributed by atoms with Gasteiger partial charge in [0, 0.05) is 12.6 Å². The van der Waals surface area contributed by atoms with Gasteiger partial charge in [-0.2, -0.15) is 0 Å². The molecule has 1 unspecified atom stereocenters. The Kier molecular flexibility index (Phi) is 5.05. The summed E-state index contributed by atoms with van der Waals surface area (Å²) < 4.78 is 11.2. The summed E-state index contributed by atoms with van der Waals surface area (Å²) in [6, 6.07) is 6.42. The Hall–Kier alpha value is -1.26. The SMILES string of the molecule is CCCN(CC)C(CN)c1ccc2c(c1)OCCO2. The number of likely N-dealkylation sites (N-methyl/N-ethyl adjacent to an activating group) is 1. The zero-order chi connectivity index (χ0) is 13.7. The summed E-state index contributed by atoms with van der Waals surface area (Å²) >= 11 is 0. The van der Waals surface area contributed by atoms with Crippen LogP contribution in [0.4, 0.5) is 0 Å². The zero-order valence-electron chi connectivity index (χ0n) is 11.9. The molecule has 2 N–H and O–H groups in total. The minimum Gasteiger partial charge on any atom is -0.486 e. The minimum atomic E-state index is 0.251. The van der Waals surface area contributed by atoms with E-state index in [-0.39, 0.29) is 6.04 Å². The van der Waals surface area contributed by atoms with Crippen LogP contribution in [0.1, 0.15) is 31.9 Å². The fourth-order valence-electron chi connectivity index (χ4n) is 2.58.